The molecule has 0 fully saturated rings. The first-order chi connectivity index (χ1) is 14.1. The average molecular weight is 387 g/mol. The van der Waals surface area contributed by atoms with Crippen LogP contribution in [0, 0.1) is 10.1 Å². The Morgan fingerprint density at radius 2 is 1.66 bits per heavy atom. The molecule has 3 aromatic carbocycles. The molecule has 0 saturated carbocycles. The number of hydrogen-bond acceptors (Lipinski definition) is 5. The predicted molar refractivity (Wildman–Crippen MR) is 110 cm³/mol. The van der Waals surface area contributed by atoms with E-state index in [1.54, 1.807) is 37.5 Å². The van der Waals surface area contributed by atoms with E-state index in [1.165, 1.54) is 12.1 Å². The van der Waals surface area contributed by atoms with Gasteiger partial charge in [0.15, 0.2) is 0 Å². The predicted octanol–water partition coefficient (Wildman–Crippen LogP) is 5.85. The highest BCUT2D eigenvalue weighted by Gasteiger charge is 2.21. The highest BCUT2D eigenvalue weighted by Crippen LogP contribution is 2.39. The van der Waals surface area contributed by atoms with Crippen molar-refractivity contribution in [1.82, 2.24) is 0 Å². The minimum atomic E-state index is -0.441. The van der Waals surface area contributed by atoms with Crippen LogP contribution in [0.15, 0.2) is 77.4 Å². The average Bonchev–Trinajstić information content (AvgIpc) is 3.19. The van der Waals surface area contributed by atoms with Gasteiger partial charge in [-0.25, -0.2) is 4.79 Å². The molecule has 0 radical (unpaired) electrons. The molecule has 4 rings (SSSR count). The molecular formula is C23H17NO5. The molecule has 4 aromatic rings. The quantitative estimate of drug-likeness (QED) is 0.244. The maximum Gasteiger partial charge on any atom is 0.338 e. The van der Waals surface area contributed by atoms with Crippen molar-refractivity contribution in [2.45, 2.75) is 6.92 Å². The number of fused-ring (bicyclic) bond motifs is 1. The van der Waals surface area contributed by atoms with Crippen LogP contribution >= 0.6 is 0 Å². The van der Waals surface area contributed by atoms with Gasteiger partial charge in [-0.05, 0) is 42.3 Å². The first kappa shape index (κ1) is 18.4. The number of non-ortho nitro benzene ring substituents is 1. The molecular weight excluding hydrogens is 370 g/mol. The van der Waals surface area contributed by atoms with Gasteiger partial charge in [0.1, 0.15) is 5.58 Å². The number of benzene rings is 3. The largest absolute Gasteiger partial charge is 0.463 e. The molecule has 0 amide bonds. The van der Waals surface area contributed by atoms with Gasteiger partial charge in [-0.3, -0.25) is 10.1 Å². The smallest absolute Gasteiger partial charge is 0.338 e. The maximum absolute atomic E-state index is 12.6. The molecule has 0 aliphatic heterocycles. The van der Waals surface area contributed by atoms with E-state index in [0.717, 1.165) is 22.3 Å². The van der Waals surface area contributed by atoms with E-state index < -0.39 is 10.9 Å². The van der Waals surface area contributed by atoms with Crippen molar-refractivity contribution in [2.24, 2.45) is 0 Å². The van der Waals surface area contributed by atoms with Crippen LogP contribution in [0.5, 0.6) is 0 Å². The zero-order chi connectivity index (χ0) is 20.4. The maximum atomic E-state index is 12.6. The molecule has 0 spiro atoms. The molecule has 0 bridgehead atoms. The van der Waals surface area contributed by atoms with Crippen molar-refractivity contribution in [3.8, 4) is 22.3 Å². The monoisotopic (exact) mass is 387 g/mol. The normalized spacial score (nSPS) is 10.8. The van der Waals surface area contributed by atoms with Crippen molar-refractivity contribution in [3.63, 3.8) is 0 Å². The highest BCUT2D eigenvalue weighted by molar-refractivity contribution is 6.13. The summed E-state index contributed by atoms with van der Waals surface area (Å²) in [6.07, 6.45) is 1.62. The Kier molecular flexibility index (Phi) is 4.83. The summed E-state index contributed by atoms with van der Waals surface area (Å²) >= 11 is 0. The number of nitro groups is 1. The summed E-state index contributed by atoms with van der Waals surface area (Å²) in [7, 11) is 0. The summed E-state index contributed by atoms with van der Waals surface area (Å²) in [6.45, 7) is 2.02. The van der Waals surface area contributed by atoms with Gasteiger partial charge < -0.3 is 9.15 Å². The van der Waals surface area contributed by atoms with Crippen molar-refractivity contribution in [1.29, 1.82) is 0 Å². The molecule has 0 saturated heterocycles. The Morgan fingerprint density at radius 3 is 2.31 bits per heavy atom. The second-order valence-electron chi connectivity index (χ2n) is 6.40. The topological polar surface area (TPSA) is 82.6 Å². The number of hydrogen-bond donors (Lipinski definition) is 0. The Hall–Kier alpha value is -3.93. The van der Waals surface area contributed by atoms with E-state index >= 15 is 0 Å². The summed E-state index contributed by atoms with van der Waals surface area (Å²) in [6, 6.07) is 19.3. The van der Waals surface area contributed by atoms with E-state index in [9.17, 15) is 14.9 Å². The van der Waals surface area contributed by atoms with Crippen molar-refractivity contribution < 1.29 is 18.9 Å². The molecule has 0 N–H and O–H groups in total. The molecule has 0 unspecified atom stereocenters. The van der Waals surface area contributed by atoms with Gasteiger partial charge in [-0.2, -0.15) is 0 Å². The van der Waals surface area contributed by atoms with E-state index in [1.807, 2.05) is 30.3 Å². The lowest BCUT2D eigenvalue weighted by atomic mass is 9.95. The number of ether oxygens (including phenoxy) is 1. The fourth-order valence-electron chi connectivity index (χ4n) is 3.35. The molecule has 1 aromatic heterocycles. The fourth-order valence-corrected chi connectivity index (χ4v) is 3.35. The van der Waals surface area contributed by atoms with Crippen LogP contribution in [-0.2, 0) is 4.74 Å². The third kappa shape index (κ3) is 3.36. The van der Waals surface area contributed by atoms with Gasteiger partial charge in [-0.1, -0.05) is 30.3 Å². The van der Waals surface area contributed by atoms with Crippen molar-refractivity contribution in [2.75, 3.05) is 6.61 Å². The van der Waals surface area contributed by atoms with Gasteiger partial charge in [0.25, 0.3) is 5.69 Å². The zero-order valence-electron chi connectivity index (χ0n) is 15.6. The minimum Gasteiger partial charge on any atom is -0.463 e. The number of rotatable bonds is 5. The first-order valence-corrected chi connectivity index (χ1v) is 9.11. The summed E-state index contributed by atoms with van der Waals surface area (Å²) in [4.78, 5) is 23.1. The summed E-state index contributed by atoms with van der Waals surface area (Å²) < 4.78 is 11.1. The Morgan fingerprint density at radius 1 is 0.966 bits per heavy atom. The first-order valence-electron chi connectivity index (χ1n) is 9.11. The Bertz CT molecular complexity index is 1190. The molecule has 6 heteroatoms. The van der Waals surface area contributed by atoms with Crippen LogP contribution in [0.4, 0.5) is 5.69 Å². The lowest BCUT2D eigenvalue weighted by Gasteiger charge is -2.09. The van der Waals surface area contributed by atoms with Crippen LogP contribution in [-0.4, -0.2) is 17.5 Å². The van der Waals surface area contributed by atoms with Gasteiger partial charge in [0.2, 0.25) is 0 Å². The number of carbonyl (C=O) groups excluding carboxylic acids is 1. The molecule has 1 heterocycles. The van der Waals surface area contributed by atoms with Crippen LogP contribution in [0.2, 0.25) is 0 Å². The lowest BCUT2D eigenvalue weighted by Crippen LogP contribution is -2.05. The molecule has 6 nitrogen and oxygen atoms in total. The van der Waals surface area contributed by atoms with Crippen LogP contribution in [0.3, 0.4) is 0 Å². The number of nitrogens with zero attached hydrogens (tertiary/aromatic N) is 1. The van der Waals surface area contributed by atoms with E-state index in [0.29, 0.717) is 16.5 Å². The van der Waals surface area contributed by atoms with Gasteiger partial charge in [0.05, 0.1) is 23.4 Å². The third-order valence-electron chi connectivity index (χ3n) is 4.69. The van der Waals surface area contributed by atoms with Crippen LogP contribution in [0.1, 0.15) is 17.3 Å². The van der Waals surface area contributed by atoms with E-state index in [-0.39, 0.29) is 12.3 Å². The van der Waals surface area contributed by atoms with Crippen molar-refractivity contribution in [3.05, 3.63) is 88.7 Å². The minimum absolute atomic E-state index is 0.0116. The molecule has 0 aliphatic carbocycles. The Labute approximate surface area is 166 Å². The van der Waals surface area contributed by atoms with Crippen LogP contribution < -0.4 is 0 Å². The Balaban J connectivity index is 1.94. The molecule has 144 valence electrons. The van der Waals surface area contributed by atoms with E-state index in [2.05, 4.69) is 0 Å². The van der Waals surface area contributed by atoms with Crippen molar-refractivity contribution >= 4 is 22.6 Å². The summed E-state index contributed by atoms with van der Waals surface area (Å²) in [5, 5.41) is 11.6. The second kappa shape index (κ2) is 7.59. The molecule has 0 atom stereocenters. The zero-order valence-corrected chi connectivity index (χ0v) is 15.6. The molecule has 0 aliphatic rings. The van der Waals surface area contributed by atoms with Gasteiger partial charge in [0, 0.05) is 28.6 Å². The summed E-state index contributed by atoms with van der Waals surface area (Å²) in [5.74, 6) is -0.425. The molecule has 29 heavy (non-hydrogen) atoms. The van der Waals surface area contributed by atoms with Gasteiger partial charge >= 0.3 is 5.97 Å². The van der Waals surface area contributed by atoms with Crippen LogP contribution in [0.25, 0.3) is 33.2 Å². The fraction of sp³-hybridized carbons (Fsp3) is 0.0870. The van der Waals surface area contributed by atoms with Gasteiger partial charge in [-0.15, -0.1) is 0 Å². The number of carbonyl (C=O) groups is 1. The lowest BCUT2D eigenvalue weighted by molar-refractivity contribution is -0.384. The third-order valence-corrected chi connectivity index (χ3v) is 4.69. The highest BCUT2D eigenvalue weighted by atomic mass is 16.6. The number of furan rings is 1. The second-order valence-corrected chi connectivity index (χ2v) is 6.40. The standard InChI is InChI=1S/C23H17NO5/c1-2-28-23(25)19-13-12-18(16-8-10-17(11-9-16)24(26)27)22-21(19)20(14-29-22)15-6-4-3-5-7-15/h3-14H,2H2,1H3. The van der Waals surface area contributed by atoms with E-state index in [4.69, 9.17) is 9.15 Å². The summed E-state index contributed by atoms with van der Waals surface area (Å²) in [5.41, 5.74) is 4.15. The SMILES string of the molecule is CCOC(=O)c1ccc(-c2ccc([N+](=O)[O-])cc2)c2occ(-c3ccccc3)c12. The number of nitro benzene ring substituents is 1. The number of esters is 1.